The van der Waals surface area contributed by atoms with Gasteiger partial charge in [0.05, 0.1) is 11.4 Å². The topological polar surface area (TPSA) is 60.2 Å². The van der Waals surface area contributed by atoms with Crippen molar-refractivity contribution in [2.45, 2.75) is 4.90 Å². The molecule has 86 valence electrons. The molecule has 0 aliphatic heterocycles. The average Bonchev–Trinajstić information content (AvgIpc) is 2.36. The van der Waals surface area contributed by atoms with Crippen LogP contribution in [0.3, 0.4) is 0 Å². The van der Waals surface area contributed by atoms with Crippen LogP contribution in [-0.4, -0.2) is 15.0 Å². The Morgan fingerprint density at radius 3 is 2.47 bits per heavy atom. The van der Waals surface area contributed by atoms with Gasteiger partial charge in [-0.3, -0.25) is 0 Å². The minimum absolute atomic E-state index is 0.0345. The molecular formula is C13H11NO2S. The predicted molar refractivity (Wildman–Crippen MR) is 68.0 cm³/mol. The molecule has 0 atom stereocenters. The Kier molecular flexibility index (Phi) is 3.14. The maximum absolute atomic E-state index is 11.8. The van der Waals surface area contributed by atoms with E-state index in [0.29, 0.717) is 0 Å². The van der Waals surface area contributed by atoms with Crippen LogP contribution in [0.25, 0.3) is 10.8 Å². The Bertz CT molecular complexity index is 709. The van der Waals surface area contributed by atoms with Gasteiger partial charge in [-0.15, -0.1) is 0 Å². The first-order chi connectivity index (χ1) is 8.13. The molecule has 0 aromatic heterocycles. The van der Waals surface area contributed by atoms with Crippen molar-refractivity contribution >= 4 is 20.6 Å². The summed E-state index contributed by atoms with van der Waals surface area (Å²) in [4.78, 5) is 0.206. The van der Waals surface area contributed by atoms with Gasteiger partial charge in [0.2, 0.25) is 9.84 Å². The smallest absolute Gasteiger partial charge is 0.245 e. The van der Waals surface area contributed by atoms with Gasteiger partial charge in [-0.2, -0.15) is 0 Å². The fourth-order valence-corrected chi connectivity index (χ4v) is 2.45. The lowest BCUT2D eigenvalue weighted by molar-refractivity contribution is 0.606. The van der Waals surface area contributed by atoms with E-state index in [1.165, 1.54) is 0 Å². The van der Waals surface area contributed by atoms with E-state index in [9.17, 15) is 8.42 Å². The first-order valence-electron chi connectivity index (χ1n) is 5.07. The third kappa shape index (κ3) is 2.47. The van der Waals surface area contributed by atoms with E-state index < -0.39 is 9.84 Å². The molecule has 2 N–H and O–H groups in total. The Labute approximate surface area is 100 Å². The van der Waals surface area contributed by atoms with Gasteiger partial charge in [-0.25, -0.2) is 8.42 Å². The fraction of sp³-hybridized carbons (Fsp3) is 0.0769. The molecule has 0 heterocycles. The number of fused-ring (bicyclic) bond motifs is 1. The molecule has 0 fully saturated rings. The molecule has 17 heavy (non-hydrogen) atoms. The number of benzene rings is 2. The lowest BCUT2D eigenvalue weighted by Gasteiger charge is -2.00. The van der Waals surface area contributed by atoms with Crippen LogP contribution in [0.1, 0.15) is 0 Å². The standard InChI is InChI=1S/C13H11NO2S/c14-8-3-9-17(15,16)13-7-6-11-4-1-2-5-12(11)10-13/h1-2,4-7,10H,8,14H2. The summed E-state index contributed by atoms with van der Waals surface area (Å²) in [5.74, 6) is 2.37. The molecule has 2 aromatic rings. The second-order valence-electron chi connectivity index (χ2n) is 3.50. The Balaban J connectivity index is 2.57. The van der Waals surface area contributed by atoms with Gasteiger partial charge >= 0.3 is 0 Å². The largest absolute Gasteiger partial charge is 0.320 e. The summed E-state index contributed by atoms with van der Waals surface area (Å²) in [6.07, 6.45) is 0. The zero-order valence-corrected chi connectivity index (χ0v) is 9.87. The van der Waals surface area contributed by atoms with Gasteiger partial charge in [-0.1, -0.05) is 36.3 Å². The number of hydrogen-bond acceptors (Lipinski definition) is 3. The van der Waals surface area contributed by atoms with E-state index in [1.807, 2.05) is 24.3 Å². The minimum atomic E-state index is -3.56. The number of sulfone groups is 1. The van der Waals surface area contributed by atoms with Gasteiger partial charge in [-0.05, 0) is 22.9 Å². The molecular weight excluding hydrogens is 234 g/mol. The molecule has 0 saturated carbocycles. The Morgan fingerprint density at radius 1 is 1.06 bits per heavy atom. The van der Waals surface area contributed by atoms with Crippen LogP contribution in [0, 0.1) is 11.2 Å². The normalized spacial score (nSPS) is 10.9. The highest BCUT2D eigenvalue weighted by Crippen LogP contribution is 2.19. The van der Waals surface area contributed by atoms with Crippen LogP contribution in [0.5, 0.6) is 0 Å². The molecule has 0 aliphatic rings. The zero-order valence-electron chi connectivity index (χ0n) is 9.05. The summed E-state index contributed by atoms with van der Waals surface area (Å²) in [6.45, 7) is 0.0345. The summed E-state index contributed by atoms with van der Waals surface area (Å²) in [7, 11) is -3.56. The van der Waals surface area contributed by atoms with Crippen molar-refractivity contribution < 1.29 is 8.42 Å². The molecule has 0 bridgehead atoms. The Hall–Kier alpha value is -1.83. The summed E-state index contributed by atoms with van der Waals surface area (Å²) in [5.41, 5.74) is 5.17. The highest BCUT2D eigenvalue weighted by Gasteiger charge is 2.10. The van der Waals surface area contributed by atoms with Crippen molar-refractivity contribution in [1.82, 2.24) is 0 Å². The highest BCUT2D eigenvalue weighted by molar-refractivity contribution is 7.96. The quantitative estimate of drug-likeness (QED) is 0.612. The average molecular weight is 245 g/mol. The first kappa shape index (κ1) is 11.6. The van der Waals surface area contributed by atoms with E-state index in [4.69, 9.17) is 5.73 Å². The van der Waals surface area contributed by atoms with Crippen molar-refractivity contribution in [2.75, 3.05) is 6.54 Å². The van der Waals surface area contributed by atoms with Crippen LogP contribution >= 0.6 is 0 Å². The number of nitrogens with two attached hydrogens (primary N) is 1. The van der Waals surface area contributed by atoms with Crippen molar-refractivity contribution in [3.05, 3.63) is 42.5 Å². The van der Waals surface area contributed by atoms with Crippen LogP contribution in [0.4, 0.5) is 0 Å². The van der Waals surface area contributed by atoms with Crippen molar-refractivity contribution in [2.24, 2.45) is 5.73 Å². The van der Waals surface area contributed by atoms with E-state index in [2.05, 4.69) is 11.2 Å². The zero-order chi connectivity index (χ0) is 12.3. The second kappa shape index (κ2) is 4.58. The maximum Gasteiger partial charge on any atom is 0.245 e. The maximum atomic E-state index is 11.8. The molecule has 0 saturated heterocycles. The van der Waals surface area contributed by atoms with Crippen LogP contribution in [-0.2, 0) is 9.84 Å². The van der Waals surface area contributed by atoms with Gasteiger partial charge in [0.1, 0.15) is 0 Å². The van der Waals surface area contributed by atoms with Crippen molar-refractivity contribution in [3.63, 3.8) is 0 Å². The predicted octanol–water partition coefficient (Wildman–Crippen LogP) is 1.53. The van der Waals surface area contributed by atoms with E-state index >= 15 is 0 Å². The molecule has 4 heteroatoms. The van der Waals surface area contributed by atoms with E-state index in [-0.39, 0.29) is 11.4 Å². The van der Waals surface area contributed by atoms with E-state index in [1.54, 1.807) is 18.2 Å². The van der Waals surface area contributed by atoms with Crippen LogP contribution < -0.4 is 5.73 Å². The third-order valence-corrected chi connectivity index (χ3v) is 3.63. The van der Waals surface area contributed by atoms with Gasteiger partial charge in [0.15, 0.2) is 0 Å². The molecule has 0 aliphatic carbocycles. The van der Waals surface area contributed by atoms with E-state index in [0.717, 1.165) is 10.8 Å². The van der Waals surface area contributed by atoms with Crippen LogP contribution in [0.2, 0.25) is 0 Å². The lowest BCUT2D eigenvalue weighted by atomic mass is 10.1. The minimum Gasteiger partial charge on any atom is -0.320 e. The van der Waals surface area contributed by atoms with Crippen molar-refractivity contribution in [1.29, 1.82) is 0 Å². The molecule has 3 nitrogen and oxygen atoms in total. The first-order valence-corrected chi connectivity index (χ1v) is 6.55. The number of hydrogen-bond donors (Lipinski definition) is 1. The third-order valence-electron chi connectivity index (χ3n) is 2.34. The van der Waals surface area contributed by atoms with Gasteiger partial charge in [0, 0.05) is 5.25 Å². The summed E-state index contributed by atoms with van der Waals surface area (Å²) in [5, 5.41) is 4.06. The Morgan fingerprint density at radius 2 is 1.76 bits per heavy atom. The molecule has 0 spiro atoms. The van der Waals surface area contributed by atoms with Gasteiger partial charge < -0.3 is 5.73 Å². The lowest BCUT2D eigenvalue weighted by Crippen LogP contribution is -1.99. The van der Waals surface area contributed by atoms with Crippen molar-refractivity contribution in [3.8, 4) is 11.2 Å². The SMILES string of the molecule is NCC#CS(=O)(=O)c1ccc2ccccc2c1. The molecule has 0 amide bonds. The monoisotopic (exact) mass is 245 g/mol. The molecule has 2 aromatic carbocycles. The van der Waals surface area contributed by atoms with Crippen LogP contribution in [0.15, 0.2) is 47.4 Å². The van der Waals surface area contributed by atoms with Gasteiger partial charge in [0.25, 0.3) is 0 Å². The summed E-state index contributed by atoms with van der Waals surface area (Å²) < 4.78 is 23.6. The fourth-order valence-electron chi connectivity index (χ4n) is 1.53. The highest BCUT2D eigenvalue weighted by atomic mass is 32.2. The second-order valence-corrected chi connectivity index (χ2v) is 5.18. The summed E-state index contributed by atoms with van der Waals surface area (Å²) >= 11 is 0. The molecule has 0 radical (unpaired) electrons. The molecule has 0 unspecified atom stereocenters. The number of rotatable bonds is 1. The summed E-state index contributed by atoms with van der Waals surface area (Å²) in [6, 6.07) is 12.5. The molecule has 2 rings (SSSR count).